The second-order valence-electron chi connectivity index (χ2n) is 3.98. The molecule has 0 saturated carbocycles. The number of nitrogens with two attached hydrogens (primary N) is 1. The predicted octanol–water partition coefficient (Wildman–Crippen LogP) is 0.890. The standard InChI is InChI=1S/C13H16N6S/c14-12-15-8-9-16-13(20)18-11-6-2-1-4-10(11)5-3-7-17-19-12/h1-7H,8-9H2,(H3,14,15,19)(H2,16,18,20)/b5-3+,17-7-. The highest BCUT2D eigenvalue weighted by Gasteiger charge is 2.01. The van der Waals surface area contributed by atoms with Crippen LogP contribution in [0, 0.1) is 0 Å². The van der Waals surface area contributed by atoms with Gasteiger partial charge in [0, 0.05) is 18.4 Å². The van der Waals surface area contributed by atoms with Gasteiger partial charge in [-0.05, 0) is 29.9 Å². The Morgan fingerprint density at radius 1 is 1.25 bits per heavy atom. The minimum Gasteiger partial charge on any atom is -0.369 e. The molecule has 0 bridgehead atoms. The summed E-state index contributed by atoms with van der Waals surface area (Å²) in [4.78, 5) is 4.09. The number of hydrogen-bond donors (Lipinski definition) is 4. The molecule has 1 heterocycles. The maximum atomic E-state index is 5.62. The SMILES string of the molecule is NC1=NCCNC(=S)Nc2ccccc2/C=C/C=N\N1. The average Bonchev–Trinajstić information content (AvgIpc) is 2.44. The number of nitrogens with one attached hydrogen (secondary N) is 3. The topological polar surface area (TPSA) is 86.8 Å². The van der Waals surface area contributed by atoms with E-state index >= 15 is 0 Å². The highest BCUT2D eigenvalue weighted by Crippen LogP contribution is 2.16. The van der Waals surface area contributed by atoms with E-state index in [9.17, 15) is 0 Å². The Bertz CT molecular complexity index is 564. The third-order valence-electron chi connectivity index (χ3n) is 2.50. The summed E-state index contributed by atoms with van der Waals surface area (Å²) in [5.74, 6) is 0.271. The Labute approximate surface area is 122 Å². The average molecular weight is 288 g/mol. The third-order valence-corrected chi connectivity index (χ3v) is 2.75. The minimum absolute atomic E-state index is 0.271. The van der Waals surface area contributed by atoms with Crippen molar-refractivity contribution < 1.29 is 0 Å². The van der Waals surface area contributed by atoms with Crippen molar-refractivity contribution in [2.45, 2.75) is 0 Å². The number of rotatable bonds is 0. The molecule has 0 aromatic heterocycles. The van der Waals surface area contributed by atoms with Crippen molar-refractivity contribution >= 4 is 41.3 Å². The minimum atomic E-state index is 0.271. The number of hydrazone groups is 1. The summed E-state index contributed by atoms with van der Waals surface area (Å²) in [6, 6.07) is 7.87. The van der Waals surface area contributed by atoms with E-state index in [1.54, 1.807) is 6.21 Å². The van der Waals surface area contributed by atoms with Gasteiger partial charge in [0.15, 0.2) is 5.11 Å². The number of anilines is 1. The van der Waals surface area contributed by atoms with Crippen molar-refractivity contribution in [3.05, 3.63) is 35.9 Å². The molecule has 0 fully saturated rings. The first-order valence-corrected chi connectivity index (χ1v) is 6.56. The van der Waals surface area contributed by atoms with Gasteiger partial charge >= 0.3 is 0 Å². The normalized spacial score (nSPS) is 19.2. The quantitative estimate of drug-likeness (QED) is 0.533. The largest absolute Gasteiger partial charge is 0.369 e. The van der Waals surface area contributed by atoms with E-state index in [0.717, 1.165) is 11.3 Å². The zero-order chi connectivity index (χ0) is 14.2. The molecule has 1 aromatic rings. The maximum absolute atomic E-state index is 5.62. The van der Waals surface area contributed by atoms with Gasteiger partial charge in [-0.2, -0.15) is 5.10 Å². The molecule has 1 aliphatic heterocycles. The van der Waals surface area contributed by atoms with E-state index in [1.807, 2.05) is 36.4 Å². The summed E-state index contributed by atoms with van der Waals surface area (Å²) in [7, 11) is 0. The lowest BCUT2D eigenvalue weighted by atomic mass is 10.1. The van der Waals surface area contributed by atoms with Gasteiger partial charge in [-0.15, -0.1) is 0 Å². The number of aliphatic imine (C=N–C) groups is 1. The fraction of sp³-hybridized carbons (Fsp3) is 0.154. The van der Waals surface area contributed by atoms with Crippen molar-refractivity contribution in [2.24, 2.45) is 15.8 Å². The van der Waals surface area contributed by atoms with Crippen molar-refractivity contribution in [3.8, 4) is 0 Å². The molecule has 0 saturated heterocycles. The summed E-state index contributed by atoms with van der Waals surface area (Å²) < 4.78 is 0. The Morgan fingerprint density at radius 2 is 2.10 bits per heavy atom. The highest BCUT2D eigenvalue weighted by molar-refractivity contribution is 7.80. The molecule has 0 amide bonds. The second-order valence-corrected chi connectivity index (χ2v) is 4.39. The van der Waals surface area contributed by atoms with Crippen LogP contribution in [0.5, 0.6) is 0 Å². The monoisotopic (exact) mass is 288 g/mol. The lowest BCUT2D eigenvalue weighted by Gasteiger charge is -2.12. The smallest absolute Gasteiger partial charge is 0.209 e. The molecule has 0 unspecified atom stereocenters. The number of benzene rings is 1. The van der Waals surface area contributed by atoms with Crippen LogP contribution in [0.15, 0.2) is 40.4 Å². The van der Waals surface area contributed by atoms with Gasteiger partial charge in [-0.25, -0.2) is 5.43 Å². The van der Waals surface area contributed by atoms with Crippen LogP contribution in [0.2, 0.25) is 0 Å². The van der Waals surface area contributed by atoms with Crippen LogP contribution in [0.4, 0.5) is 5.69 Å². The first kappa shape index (κ1) is 14.0. The summed E-state index contributed by atoms with van der Waals surface area (Å²) in [5.41, 5.74) is 10.2. The molecule has 7 heteroatoms. The van der Waals surface area contributed by atoms with Crippen molar-refractivity contribution in [1.82, 2.24) is 10.7 Å². The third kappa shape index (κ3) is 4.36. The molecular weight excluding hydrogens is 272 g/mol. The van der Waals surface area contributed by atoms with Gasteiger partial charge < -0.3 is 16.4 Å². The lowest BCUT2D eigenvalue weighted by Crippen LogP contribution is -2.32. The molecule has 1 aliphatic rings. The van der Waals surface area contributed by atoms with Gasteiger partial charge in [0.2, 0.25) is 5.96 Å². The summed E-state index contributed by atoms with van der Waals surface area (Å²) in [6.07, 6.45) is 5.35. The molecular formula is C13H16N6S. The number of fused-ring (bicyclic) bond motifs is 1. The summed E-state index contributed by atoms with van der Waals surface area (Å²) in [5, 5.41) is 10.7. The van der Waals surface area contributed by atoms with Crippen molar-refractivity contribution in [2.75, 3.05) is 18.4 Å². The molecule has 104 valence electrons. The summed E-state index contributed by atoms with van der Waals surface area (Å²) >= 11 is 5.23. The van der Waals surface area contributed by atoms with Crippen LogP contribution in [-0.4, -0.2) is 30.4 Å². The Kier molecular flexibility index (Phi) is 5.08. The Balaban J connectivity index is 2.21. The molecule has 0 aliphatic carbocycles. The van der Waals surface area contributed by atoms with E-state index in [2.05, 4.69) is 26.2 Å². The van der Waals surface area contributed by atoms with Crippen molar-refractivity contribution in [1.29, 1.82) is 0 Å². The van der Waals surface area contributed by atoms with E-state index in [1.165, 1.54) is 0 Å². The molecule has 0 spiro atoms. The van der Waals surface area contributed by atoms with Crippen LogP contribution >= 0.6 is 12.2 Å². The van der Waals surface area contributed by atoms with Crippen molar-refractivity contribution in [3.63, 3.8) is 0 Å². The molecule has 2 rings (SSSR count). The zero-order valence-electron chi connectivity index (χ0n) is 10.8. The lowest BCUT2D eigenvalue weighted by molar-refractivity contribution is 0.868. The number of thiocarbonyl (C=S) groups is 1. The Morgan fingerprint density at radius 3 is 3.00 bits per heavy atom. The number of guanidine groups is 1. The van der Waals surface area contributed by atoms with Crippen LogP contribution < -0.4 is 21.8 Å². The molecule has 6 nitrogen and oxygen atoms in total. The van der Waals surface area contributed by atoms with Crippen LogP contribution in [0.3, 0.4) is 0 Å². The first-order chi connectivity index (χ1) is 9.75. The zero-order valence-corrected chi connectivity index (χ0v) is 11.7. The van der Waals surface area contributed by atoms with E-state index in [-0.39, 0.29) is 5.96 Å². The van der Waals surface area contributed by atoms with Crippen LogP contribution in [0.25, 0.3) is 6.08 Å². The molecule has 1 aromatic carbocycles. The van der Waals surface area contributed by atoms with Gasteiger partial charge in [0.05, 0.1) is 6.54 Å². The van der Waals surface area contributed by atoms with Gasteiger partial charge in [0.25, 0.3) is 0 Å². The predicted molar refractivity (Wildman–Crippen MR) is 87.8 cm³/mol. The van der Waals surface area contributed by atoms with Gasteiger partial charge in [-0.1, -0.05) is 24.3 Å². The maximum Gasteiger partial charge on any atom is 0.209 e. The van der Waals surface area contributed by atoms with E-state index in [0.29, 0.717) is 18.2 Å². The van der Waals surface area contributed by atoms with Crippen LogP contribution in [-0.2, 0) is 0 Å². The van der Waals surface area contributed by atoms with E-state index in [4.69, 9.17) is 18.0 Å². The molecule has 0 radical (unpaired) electrons. The number of nitrogens with zero attached hydrogens (tertiary/aromatic N) is 2. The molecule has 5 N–H and O–H groups in total. The molecule has 20 heavy (non-hydrogen) atoms. The highest BCUT2D eigenvalue weighted by atomic mass is 32.1. The Hall–Kier alpha value is -2.41. The fourth-order valence-corrected chi connectivity index (χ4v) is 1.81. The van der Waals surface area contributed by atoms with Gasteiger partial charge in [-0.3, -0.25) is 4.99 Å². The van der Waals surface area contributed by atoms with Crippen LogP contribution in [0.1, 0.15) is 5.56 Å². The fourth-order valence-electron chi connectivity index (χ4n) is 1.60. The van der Waals surface area contributed by atoms with E-state index < -0.39 is 0 Å². The first-order valence-electron chi connectivity index (χ1n) is 6.15. The van der Waals surface area contributed by atoms with Gasteiger partial charge in [0.1, 0.15) is 0 Å². The number of allylic oxidation sites excluding steroid dienone is 1. The number of para-hydroxylation sites is 1. The second kappa shape index (κ2) is 7.25. The summed E-state index contributed by atoms with van der Waals surface area (Å²) in [6.45, 7) is 1.10. The molecule has 0 atom stereocenters. The number of hydrogen-bond acceptors (Lipinski definition) is 5.